The summed E-state index contributed by atoms with van der Waals surface area (Å²) in [6.07, 6.45) is 2.29. The van der Waals surface area contributed by atoms with Gasteiger partial charge in [-0.2, -0.15) is 0 Å². The van der Waals surface area contributed by atoms with Crippen LogP contribution < -0.4 is 10.6 Å². The van der Waals surface area contributed by atoms with Crippen molar-refractivity contribution in [3.8, 4) is 0 Å². The maximum atomic E-state index is 11.6. The standard InChI is InChI=1S/C10H13N3O2S/c1-11-5-8(15)13-10-12-6-3-2-4-7(14)9(6)16-10/h11H,2-5H2,1H3,(H,12,13,15). The van der Waals surface area contributed by atoms with E-state index in [1.54, 1.807) is 7.05 Å². The van der Waals surface area contributed by atoms with Crippen molar-refractivity contribution in [2.45, 2.75) is 19.3 Å². The number of thiazole rings is 1. The van der Waals surface area contributed by atoms with Gasteiger partial charge in [-0.1, -0.05) is 11.3 Å². The van der Waals surface area contributed by atoms with Crippen LogP contribution in [0.1, 0.15) is 28.2 Å². The average Bonchev–Trinajstić information content (AvgIpc) is 2.62. The predicted octanol–water partition coefficient (Wildman–Crippen LogP) is 0.820. The molecule has 0 aromatic carbocycles. The number of carbonyl (C=O) groups is 2. The summed E-state index contributed by atoms with van der Waals surface area (Å²) < 4.78 is 0. The summed E-state index contributed by atoms with van der Waals surface area (Å²) in [6.45, 7) is 0.248. The van der Waals surface area contributed by atoms with Gasteiger partial charge in [-0.15, -0.1) is 0 Å². The quantitative estimate of drug-likeness (QED) is 0.819. The van der Waals surface area contributed by atoms with E-state index in [9.17, 15) is 9.59 Å². The van der Waals surface area contributed by atoms with E-state index in [0.717, 1.165) is 18.5 Å². The number of anilines is 1. The molecule has 6 heteroatoms. The molecule has 86 valence electrons. The zero-order valence-corrected chi connectivity index (χ0v) is 9.82. The highest BCUT2D eigenvalue weighted by Crippen LogP contribution is 2.29. The molecule has 1 aliphatic rings. The van der Waals surface area contributed by atoms with E-state index in [4.69, 9.17) is 0 Å². The largest absolute Gasteiger partial charge is 0.311 e. The molecule has 1 aromatic rings. The van der Waals surface area contributed by atoms with Crippen LogP contribution in [0.15, 0.2) is 0 Å². The third-order valence-corrected chi connectivity index (χ3v) is 3.41. The maximum Gasteiger partial charge on any atom is 0.240 e. The first-order valence-electron chi connectivity index (χ1n) is 5.18. The lowest BCUT2D eigenvalue weighted by molar-refractivity contribution is -0.115. The van der Waals surface area contributed by atoms with Crippen LogP contribution in [0.5, 0.6) is 0 Å². The van der Waals surface area contributed by atoms with Crippen molar-refractivity contribution in [1.29, 1.82) is 0 Å². The third-order valence-electron chi connectivity index (χ3n) is 2.35. The second-order valence-corrected chi connectivity index (χ2v) is 4.65. The van der Waals surface area contributed by atoms with Gasteiger partial charge in [-0.25, -0.2) is 4.98 Å². The first kappa shape index (κ1) is 11.2. The van der Waals surface area contributed by atoms with Crippen LogP contribution in [0.4, 0.5) is 5.13 Å². The second-order valence-electron chi connectivity index (χ2n) is 3.65. The van der Waals surface area contributed by atoms with Crippen molar-refractivity contribution >= 4 is 28.2 Å². The molecule has 1 amide bonds. The Kier molecular flexibility index (Phi) is 3.31. The molecule has 0 saturated carbocycles. The predicted molar refractivity (Wildman–Crippen MR) is 61.9 cm³/mol. The summed E-state index contributed by atoms with van der Waals surface area (Å²) in [4.78, 5) is 27.8. The molecule has 5 nitrogen and oxygen atoms in total. The Hall–Kier alpha value is -1.27. The molecule has 1 heterocycles. The van der Waals surface area contributed by atoms with E-state index in [-0.39, 0.29) is 18.2 Å². The van der Waals surface area contributed by atoms with Crippen LogP contribution in [-0.4, -0.2) is 30.3 Å². The fourth-order valence-electron chi connectivity index (χ4n) is 1.65. The lowest BCUT2D eigenvalue weighted by Crippen LogP contribution is -2.24. The van der Waals surface area contributed by atoms with Crippen molar-refractivity contribution in [2.75, 3.05) is 18.9 Å². The number of hydrogen-bond acceptors (Lipinski definition) is 5. The van der Waals surface area contributed by atoms with Gasteiger partial charge in [0.15, 0.2) is 10.9 Å². The molecule has 0 aliphatic heterocycles. The molecule has 0 radical (unpaired) electrons. The number of ketones is 1. The third kappa shape index (κ3) is 2.28. The summed E-state index contributed by atoms with van der Waals surface area (Å²) in [6, 6.07) is 0. The molecule has 0 unspecified atom stereocenters. The van der Waals surface area contributed by atoms with Gasteiger partial charge in [0.2, 0.25) is 5.91 Å². The Morgan fingerprint density at radius 2 is 2.31 bits per heavy atom. The number of carbonyl (C=O) groups excluding carboxylic acids is 2. The summed E-state index contributed by atoms with van der Waals surface area (Å²) in [5.41, 5.74) is 0.834. The average molecular weight is 239 g/mol. The van der Waals surface area contributed by atoms with Gasteiger partial charge in [0, 0.05) is 6.42 Å². The number of aromatic nitrogens is 1. The van der Waals surface area contributed by atoms with Gasteiger partial charge >= 0.3 is 0 Å². The molecule has 16 heavy (non-hydrogen) atoms. The molecular weight excluding hydrogens is 226 g/mol. The number of nitrogens with zero attached hydrogens (tertiary/aromatic N) is 1. The van der Waals surface area contributed by atoms with Gasteiger partial charge in [0.05, 0.1) is 17.1 Å². The Morgan fingerprint density at radius 1 is 1.50 bits per heavy atom. The monoisotopic (exact) mass is 239 g/mol. The molecular formula is C10H13N3O2S. The van der Waals surface area contributed by atoms with Crippen molar-refractivity contribution in [3.05, 3.63) is 10.6 Å². The molecule has 0 saturated heterocycles. The number of rotatable bonds is 3. The highest BCUT2D eigenvalue weighted by molar-refractivity contribution is 7.17. The van der Waals surface area contributed by atoms with Crippen LogP contribution in [-0.2, 0) is 11.2 Å². The van der Waals surface area contributed by atoms with Gasteiger partial charge in [0.25, 0.3) is 0 Å². The smallest absolute Gasteiger partial charge is 0.240 e. The van der Waals surface area contributed by atoms with Crippen LogP contribution >= 0.6 is 11.3 Å². The summed E-state index contributed by atoms with van der Waals surface area (Å²) >= 11 is 1.28. The number of aryl methyl sites for hydroxylation is 1. The number of fused-ring (bicyclic) bond motifs is 1. The van der Waals surface area contributed by atoms with Gasteiger partial charge in [-0.05, 0) is 19.9 Å². The minimum Gasteiger partial charge on any atom is -0.311 e. The van der Waals surface area contributed by atoms with E-state index in [0.29, 0.717) is 16.4 Å². The fraction of sp³-hybridized carbons (Fsp3) is 0.500. The van der Waals surface area contributed by atoms with Crippen molar-refractivity contribution in [1.82, 2.24) is 10.3 Å². The molecule has 0 atom stereocenters. The fourth-order valence-corrected chi connectivity index (χ4v) is 2.64. The van der Waals surface area contributed by atoms with E-state index in [1.165, 1.54) is 11.3 Å². The number of Topliss-reactive ketones (excluding diaryl/α,β-unsaturated/α-hetero) is 1. The summed E-state index contributed by atoms with van der Waals surface area (Å²) in [7, 11) is 1.70. The van der Waals surface area contributed by atoms with Crippen LogP contribution in [0, 0.1) is 0 Å². The first-order chi connectivity index (χ1) is 7.70. The molecule has 0 bridgehead atoms. The highest BCUT2D eigenvalue weighted by atomic mass is 32.1. The highest BCUT2D eigenvalue weighted by Gasteiger charge is 2.22. The number of nitrogens with one attached hydrogen (secondary N) is 2. The van der Waals surface area contributed by atoms with Gasteiger partial charge in [0.1, 0.15) is 0 Å². The number of likely N-dealkylation sites (N-methyl/N-ethyl adjacent to an activating group) is 1. The van der Waals surface area contributed by atoms with E-state index >= 15 is 0 Å². The Balaban J connectivity index is 2.12. The van der Waals surface area contributed by atoms with Crippen LogP contribution in [0.3, 0.4) is 0 Å². The van der Waals surface area contributed by atoms with E-state index in [2.05, 4.69) is 15.6 Å². The van der Waals surface area contributed by atoms with Gasteiger partial charge in [-0.3, -0.25) is 9.59 Å². The van der Waals surface area contributed by atoms with E-state index < -0.39 is 0 Å². The Bertz CT molecular complexity index is 428. The van der Waals surface area contributed by atoms with Gasteiger partial charge < -0.3 is 10.6 Å². The second kappa shape index (κ2) is 4.71. The van der Waals surface area contributed by atoms with Crippen molar-refractivity contribution < 1.29 is 9.59 Å². The topological polar surface area (TPSA) is 71.1 Å². The maximum absolute atomic E-state index is 11.6. The van der Waals surface area contributed by atoms with Crippen molar-refractivity contribution in [3.63, 3.8) is 0 Å². The minimum atomic E-state index is -0.138. The summed E-state index contributed by atoms with van der Waals surface area (Å²) in [5, 5.41) is 5.96. The molecule has 0 fully saturated rings. The molecule has 0 spiro atoms. The molecule has 2 N–H and O–H groups in total. The van der Waals surface area contributed by atoms with Crippen LogP contribution in [0.25, 0.3) is 0 Å². The molecule has 1 aromatic heterocycles. The van der Waals surface area contributed by atoms with E-state index in [1.807, 2.05) is 0 Å². The SMILES string of the molecule is CNCC(=O)Nc1nc2c(s1)C(=O)CCC2. The zero-order valence-electron chi connectivity index (χ0n) is 9.00. The van der Waals surface area contributed by atoms with Crippen LogP contribution in [0.2, 0.25) is 0 Å². The molecule has 2 rings (SSSR count). The normalized spacial score (nSPS) is 14.7. The van der Waals surface area contributed by atoms with Crippen molar-refractivity contribution in [2.24, 2.45) is 0 Å². The number of amides is 1. The zero-order chi connectivity index (χ0) is 11.5. The Morgan fingerprint density at radius 3 is 3.00 bits per heavy atom. The lowest BCUT2D eigenvalue weighted by Gasteiger charge is -2.05. The number of hydrogen-bond donors (Lipinski definition) is 2. The summed E-state index contributed by atoms with van der Waals surface area (Å²) in [5.74, 6) is 0.00825. The lowest BCUT2D eigenvalue weighted by atomic mass is 10.0. The molecule has 1 aliphatic carbocycles. The Labute approximate surface area is 97.3 Å². The first-order valence-corrected chi connectivity index (χ1v) is 5.99. The minimum absolute atomic E-state index is 0.138.